The maximum Gasteiger partial charge on any atom is 0.312 e. The molecule has 1 aromatic heterocycles. The third-order valence-corrected chi connectivity index (χ3v) is 6.52. The Hall–Kier alpha value is -4.81. The van der Waals surface area contributed by atoms with Gasteiger partial charge in [0.15, 0.2) is 0 Å². The second-order valence-electron chi connectivity index (χ2n) is 11.8. The van der Waals surface area contributed by atoms with E-state index in [1.807, 2.05) is 39.0 Å². The fourth-order valence-corrected chi connectivity index (χ4v) is 3.51. The predicted molar refractivity (Wildman–Crippen MR) is 211 cm³/mol. The number of carbonyl (C=O) groups is 6. The number of ether oxygens (including phenoxy) is 6. The van der Waals surface area contributed by atoms with Crippen LogP contribution in [0.4, 0.5) is 0 Å². The molecule has 0 spiro atoms. The first-order valence-corrected chi connectivity index (χ1v) is 19.2. The first-order chi connectivity index (χ1) is 26.3. The lowest BCUT2D eigenvalue weighted by Gasteiger charge is -2.21. The Labute approximate surface area is 329 Å². The van der Waals surface area contributed by atoms with Crippen molar-refractivity contribution < 1.29 is 57.2 Å². The second kappa shape index (κ2) is 38.9. The van der Waals surface area contributed by atoms with Gasteiger partial charge in [0.2, 0.25) is 5.88 Å². The van der Waals surface area contributed by atoms with Crippen molar-refractivity contribution in [3.63, 3.8) is 0 Å². The summed E-state index contributed by atoms with van der Waals surface area (Å²) in [6.45, 7) is 17.5. The van der Waals surface area contributed by atoms with Crippen molar-refractivity contribution in [1.82, 2.24) is 4.98 Å². The van der Waals surface area contributed by atoms with Crippen molar-refractivity contribution in [1.29, 1.82) is 0 Å². The van der Waals surface area contributed by atoms with Crippen molar-refractivity contribution in [2.75, 3.05) is 20.3 Å². The van der Waals surface area contributed by atoms with Gasteiger partial charge in [-0.1, -0.05) is 86.1 Å². The summed E-state index contributed by atoms with van der Waals surface area (Å²) >= 11 is 0. The summed E-state index contributed by atoms with van der Waals surface area (Å²) in [4.78, 5) is 66.8. The van der Waals surface area contributed by atoms with E-state index >= 15 is 0 Å². The largest absolute Gasteiger partial charge is 0.469 e. The van der Waals surface area contributed by atoms with E-state index in [1.165, 1.54) is 26.4 Å². The van der Waals surface area contributed by atoms with Gasteiger partial charge in [-0.15, -0.1) is 0 Å². The van der Waals surface area contributed by atoms with Gasteiger partial charge in [0.25, 0.3) is 0 Å². The molecule has 312 valence electrons. The molecule has 0 radical (unpaired) electrons. The van der Waals surface area contributed by atoms with E-state index < -0.39 is 0 Å². The molecule has 0 saturated heterocycles. The van der Waals surface area contributed by atoms with E-state index in [4.69, 9.17) is 18.9 Å². The van der Waals surface area contributed by atoms with E-state index in [0.717, 1.165) is 12.8 Å². The fourth-order valence-electron chi connectivity index (χ4n) is 3.51. The van der Waals surface area contributed by atoms with Gasteiger partial charge in [0.05, 0.1) is 20.3 Å². The van der Waals surface area contributed by atoms with E-state index in [2.05, 4.69) is 14.5 Å². The molecule has 0 amide bonds. The van der Waals surface area contributed by atoms with Crippen molar-refractivity contribution >= 4 is 35.8 Å². The van der Waals surface area contributed by atoms with Gasteiger partial charge >= 0.3 is 35.8 Å². The van der Waals surface area contributed by atoms with Gasteiger partial charge in [0, 0.05) is 50.8 Å². The fraction of sp³-hybridized carbons (Fsp3) is 0.595. The zero-order valence-corrected chi connectivity index (χ0v) is 34.9. The monoisotopic (exact) mass is 777 g/mol. The average Bonchev–Trinajstić information content (AvgIpc) is 3.21. The molecule has 0 bridgehead atoms. The van der Waals surface area contributed by atoms with Crippen molar-refractivity contribution in [2.24, 2.45) is 5.92 Å². The lowest BCUT2D eigenvalue weighted by atomic mass is 9.98. The van der Waals surface area contributed by atoms with Crippen LogP contribution in [-0.4, -0.2) is 67.2 Å². The van der Waals surface area contributed by atoms with Gasteiger partial charge < -0.3 is 28.4 Å². The van der Waals surface area contributed by atoms with Crippen molar-refractivity contribution in [2.45, 2.75) is 139 Å². The first kappa shape index (κ1) is 54.5. The van der Waals surface area contributed by atoms with Crippen molar-refractivity contribution in [3.8, 4) is 11.6 Å². The topological polar surface area (TPSA) is 171 Å². The van der Waals surface area contributed by atoms with Gasteiger partial charge in [-0.2, -0.15) is 0 Å². The molecule has 1 aliphatic carbocycles. The molecule has 1 aliphatic rings. The lowest BCUT2D eigenvalue weighted by Crippen LogP contribution is -2.20. The number of pyridine rings is 1. The summed E-state index contributed by atoms with van der Waals surface area (Å²) in [5.74, 6) is 0.525. The highest BCUT2D eigenvalue weighted by atomic mass is 16.6. The molecule has 1 aromatic carbocycles. The number of esters is 6. The van der Waals surface area contributed by atoms with Crippen LogP contribution in [0, 0.1) is 5.92 Å². The Morgan fingerprint density at radius 3 is 1.49 bits per heavy atom. The number of rotatable bonds is 12. The Bertz CT molecular complexity index is 1200. The molecule has 55 heavy (non-hydrogen) atoms. The van der Waals surface area contributed by atoms with Gasteiger partial charge in [-0.3, -0.25) is 28.8 Å². The van der Waals surface area contributed by atoms with Crippen LogP contribution in [0.3, 0.4) is 0 Å². The second-order valence-corrected chi connectivity index (χ2v) is 11.8. The summed E-state index contributed by atoms with van der Waals surface area (Å²) in [7, 11) is 1.38. The number of methoxy groups -OCH3 is 1. The van der Waals surface area contributed by atoms with Crippen molar-refractivity contribution in [3.05, 3.63) is 54.7 Å². The van der Waals surface area contributed by atoms with Gasteiger partial charge in [-0.25, -0.2) is 4.98 Å². The van der Waals surface area contributed by atoms with Crippen LogP contribution in [0.5, 0.6) is 11.6 Å². The molecule has 0 unspecified atom stereocenters. The predicted octanol–water partition coefficient (Wildman–Crippen LogP) is 8.80. The quantitative estimate of drug-likeness (QED) is 0.114. The van der Waals surface area contributed by atoms with Crippen LogP contribution in [0.2, 0.25) is 0 Å². The molecule has 0 N–H and O–H groups in total. The third-order valence-electron chi connectivity index (χ3n) is 6.52. The number of nitrogens with zero attached hydrogens (tertiary/aromatic N) is 1. The summed E-state index contributed by atoms with van der Waals surface area (Å²) in [5, 5.41) is 0. The van der Waals surface area contributed by atoms with Gasteiger partial charge in [-0.05, 0) is 56.7 Å². The molecule has 0 atom stereocenters. The Morgan fingerprint density at radius 2 is 1.09 bits per heavy atom. The number of hydrogen-bond donors (Lipinski definition) is 0. The summed E-state index contributed by atoms with van der Waals surface area (Å²) in [6, 6.07) is 14.2. The van der Waals surface area contributed by atoms with E-state index in [1.54, 1.807) is 78.1 Å². The van der Waals surface area contributed by atoms with Crippen LogP contribution in [0.15, 0.2) is 54.7 Å². The Balaban J connectivity index is -0.000000598. The average molecular weight is 778 g/mol. The molecule has 0 aliphatic heterocycles. The molecule has 13 nitrogen and oxygen atoms in total. The van der Waals surface area contributed by atoms with Crippen LogP contribution >= 0.6 is 0 Å². The highest BCUT2D eigenvalue weighted by molar-refractivity contribution is 5.72. The molecule has 3 rings (SSSR count). The van der Waals surface area contributed by atoms with Crippen LogP contribution in [0.1, 0.15) is 133 Å². The summed E-state index contributed by atoms with van der Waals surface area (Å²) in [6.07, 6.45) is 10.4. The zero-order chi connectivity index (χ0) is 42.3. The minimum Gasteiger partial charge on any atom is -0.469 e. The number of benzene rings is 1. The standard InChI is InChI=1S/C9H16O2.C9H10O2.C8H9NO2.C7H14O2.C5H10O2.C4H8O2/c2*1-2-9(10)11-8-6-4-3-5-7-8;1-2-8(10)11-7-5-3-4-6-9-7;1-4-7(8)9-5-6(2)3;1-3-5(6)7-4-2;1-3-4(5)6-2/h8H,2-7H2,1H3;3-7H,2H2,1H3;3-6H,2H2,1H3;6H,4-5H2,1-3H3;3-4H2,1-2H3;3H2,1-2H3. The number of para-hydroxylation sites is 1. The normalized spacial score (nSPS) is 11.1. The molecule has 13 heteroatoms. The third kappa shape index (κ3) is 38.7. The highest BCUT2D eigenvalue weighted by Gasteiger charge is 2.16. The maximum atomic E-state index is 10.9. The SMILES string of the molecule is CCC(=O)OC.CCC(=O)OC1CCCCC1.CCC(=O)OCC(C)C.CCC(=O)Oc1ccccc1.CCC(=O)Oc1ccccn1.CCOC(=O)CC. The van der Waals surface area contributed by atoms with Gasteiger partial charge in [0.1, 0.15) is 11.9 Å². The van der Waals surface area contributed by atoms with Crippen LogP contribution in [0.25, 0.3) is 0 Å². The zero-order valence-electron chi connectivity index (χ0n) is 34.9. The maximum absolute atomic E-state index is 10.9. The summed E-state index contributed by atoms with van der Waals surface area (Å²) < 4.78 is 28.6. The smallest absolute Gasteiger partial charge is 0.312 e. The van der Waals surface area contributed by atoms with Crippen LogP contribution < -0.4 is 9.47 Å². The minimum absolute atomic E-state index is 0.0445. The number of hydrogen-bond acceptors (Lipinski definition) is 13. The minimum atomic E-state index is -0.260. The highest BCUT2D eigenvalue weighted by Crippen LogP contribution is 2.20. The molecule has 1 heterocycles. The molecular formula is C42H67NO12. The van der Waals surface area contributed by atoms with Crippen LogP contribution in [-0.2, 0) is 47.7 Å². The lowest BCUT2D eigenvalue weighted by molar-refractivity contribution is -0.150. The van der Waals surface area contributed by atoms with E-state index in [9.17, 15) is 28.8 Å². The Kier molecular flexibility index (Phi) is 38.6. The first-order valence-electron chi connectivity index (χ1n) is 19.2. The number of aromatic nitrogens is 1. The molecule has 1 fully saturated rings. The summed E-state index contributed by atoms with van der Waals surface area (Å²) in [5.41, 5.74) is 0. The molecule has 2 aromatic rings. The van der Waals surface area contributed by atoms with E-state index in [-0.39, 0.29) is 41.9 Å². The number of carbonyl (C=O) groups excluding carboxylic acids is 6. The van der Waals surface area contributed by atoms with E-state index in [0.29, 0.717) is 69.3 Å². The Morgan fingerprint density at radius 1 is 0.600 bits per heavy atom. The molecule has 1 saturated carbocycles. The molecular weight excluding hydrogens is 710 g/mol.